The molecule has 0 heterocycles. The predicted octanol–water partition coefficient (Wildman–Crippen LogP) is 2.62. The van der Waals surface area contributed by atoms with Crippen LogP contribution < -0.4 is 10.1 Å². The molecule has 3 nitrogen and oxygen atoms in total. The Morgan fingerprint density at radius 3 is 2.88 bits per heavy atom. The first-order chi connectivity index (χ1) is 8.29. The Morgan fingerprint density at radius 2 is 2.18 bits per heavy atom. The second-order valence-electron chi connectivity index (χ2n) is 4.25. The van der Waals surface area contributed by atoms with Crippen molar-refractivity contribution in [3.63, 3.8) is 0 Å². The normalized spacial score (nSPS) is 14.9. The van der Waals surface area contributed by atoms with E-state index in [1.807, 2.05) is 18.2 Å². The summed E-state index contributed by atoms with van der Waals surface area (Å²) >= 11 is 6.00. The first-order valence-corrected chi connectivity index (χ1v) is 6.31. The van der Waals surface area contributed by atoms with Gasteiger partial charge in [0.25, 0.3) is 0 Å². The van der Waals surface area contributed by atoms with Gasteiger partial charge in [0.1, 0.15) is 12.4 Å². The van der Waals surface area contributed by atoms with Crippen molar-refractivity contribution in [3.05, 3.63) is 28.8 Å². The number of hydrogen-bond acceptors (Lipinski definition) is 3. The van der Waals surface area contributed by atoms with Crippen molar-refractivity contribution in [1.82, 2.24) is 5.32 Å². The highest BCUT2D eigenvalue weighted by Crippen LogP contribution is 2.25. The number of benzene rings is 1. The van der Waals surface area contributed by atoms with E-state index >= 15 is 0 Å². The Kier molecular flexibility index (Phi) is 4.66. The molecule has 1 N–H and O–H groups in total. The summed E-state index contributed by atoms with van der Waals surface area (Å²) in [5.74, 6) is 0.889. The number of halogens is 1. The topological polar surface area (TPSA) is 30.5 Å². The van der Waals surface area contributed by atoms with E-state index in [1.165, 1.54) is 12.8 Å². The molecule has 1 aromatic rings. The van der Waals surface area contributed by atoms with Crippen molar-refractivity contribution < 1.29 is 9.47 Å². The van der Waals surface area contributed by atoms with Gasteiger partial charge in [0.05, 0.1) is 6.61 Å². The van der Waals surface area contributed by atoms with Gasteiger partial charge < -0.3 is 14.8 Å². The molecule has 0 radical (unpaired) electrons. The minimum absolute atomic E-state index is 0.564. The van der Waals surface area contributed by atoms with Gasteiger partial charge >= 0.3 is 0 Å². The molecule has 0 aliphatic heterocycles. The van der Waals surface area contributed by atoms with Crippen LogP contribution in [0.1, 0.15) is 18.4 Å². The Bertz CT molecular complexity index is 366. The Labute approximate surface area is 107 Å². The molecule has 1 aromatic carbocycles. The van der Waals surface area contributed by atoms with Crippen LogP contribution >= 0.6 is 11.6 Å². The maximum atomic E-state index is 6.00. The van der Waals surface area contributed by atoms with Gasteiger partial charge in [0.15, 0.2) is 0 Å². The molecule has 1 saturated carbocycles. The molecular formula is C13H18ClNO2. The van der Waals surface area contributed by atoms with E-state index in [2.05, 4.69) is 5.32 Å². The van der Waals surface area contributed by atoms with Crippen LogP contribution in [0.25, 0.3) is 0 Å². The highest BCUT2D eigenvalue weighted by atomic mass is 35.5. The Balaban J connectivity index is 1.95. The van der Waals surface area contributed by atoms with Crippen molar-refractivity contribution in [2.24, 2.45) is 0 Å². The predicted molar refractivity (Wildman–Crippen MR) is 68.7 cm³/mol. The third-order valence-corrected chi connectivity index (χ3v) is 2.96. The van der Waals surface area contributed by atoms with Crippen molar-refractivity contribution in [3.8, 4) is 5.75 Å². The van der Waals surface area contributed by atoms with Gasteiger partial charge in [-0.15, -0.1) is 0 Å². The zero-order valence-corrected chi connectivity index (χ0v) is 10.8. The molecule has 1 aliphatic rings. The molecule has 4 heteroatoms. The van der Waals surface area contributed by atoms with Crippen LogP contribution in [0.5, 0.6) is 5.75 Å². The lowest BCUT2D eigenvalue weighted by Gasteiger charge is -2.12. The molecule has 17 heavy (non-hydrogen) atoms. The molecule has 1 fully saturated rings. The lowest BCUT2D eigenvalue weighted by atomic mass is 10.2. The maximum absolute atomic E-state index is 6.00. The molecular weight excluding hydrogens is 238 g/mol. The molecule has 0 atom stereocenters. The third-order valence-electron chi connectivity index (χ3n) is 2.73. The average molecular weight is 256 g/mol. The van der Waals surface area contributed by atoms with Gasteiger partial charge in [-0.3, -0.25) is 0 Å². The van der Waals surface area contributed by atoms with Crippen LogP contribution in [0.15, 0.2) is 18.2 Å². The summed E-state index contributed by atoms with van der Waals surface area (Å²) < 4.78 is 10.6. The first-order valence-electron chi connectivity index (χ1n) is 5.93. The lowest BCUT2D eigenvalue weighted by Crippen LogP contribution is -2.16. The average Bonchev–Trinajstić information content (AvgIpc) is 3.13. The zero-order valence-electron chi connectivity index (χ0n) is 10.0. The van der Waals surface area contributed by atoms with E-state index in [-0.39, 0.29) is 0 Å². The van der Waals surface area contributed by atoms with Gasteiger partial charge in [0.2, 0.25) is 0 Å². The minimum atomic E-state index is 0.564. The number of methoxy groups -OCH3 is 1. The van der Waals surface area contributed by atoms with E-state index in [1.54, 1.807) is 7.11 Å². The monoisotopic (exact) mass is 255 g/mol. The van der Waals surface area contributed by atoms with Crippen molar-refractivity contribution in [2.45, 2.75) is 25.4 Å². The summed E-state index contributed by atoms with van der Waals surface area (Å²) in [7, 11) is 1.67. The summed E-state index contributed by atoms with van der Waals surface area (Å²) in [5.41, 5.74) is 1.11. The molecule has 1 aliphatic carbocycles. The number of hydrogen-bond donors (Lipinski definition) is 1. The molecule has 0 aromatic heterocycles. The largest absolute Gasteiger partial charge is 0.491 e. The number of rotatable bonds is 7. The summed E-state index contributed by atoms with van der Waals surface area (Å²) in [5, 5.41) is 4.21. The minimum Gasteiger partial charge on any atom is -0.491 e. The van der Waals surface area contributed by atoms with Crippen LogP contribution in [-0.4, -0.2) is 26.4 Å². The molecule has 94 valence electrons. The third kappa shape index (κ3) is 4.19. The van der Waals surface area contributed by atoms with Crippen molar-refractivity contribution in [1.29, 1.82) is 0 Å². The van der Waals surface area contributed by atoms with Crippen LogP contribution in [0.4, 0.5) is 0 Å². The SMILES string of the molecule is COCCOc1ccc(Cl)cc1CNC1CC1. The van der Waals surface area contributed by atoms with Crippen LogP contribution in [0.3, 0.4) is 0 Å². The van der Waals surface area contributed by atoms with Gasteiger partial charge in [-0.25, -0.2) is 0 Å². The molecule has 0 spiro atoms. The first kappa shape index (κ1) is 12.7. The van der Waals surface area contributed by atoms with E-state index in [9.17, 15) is 0 Å². The van der Waals surface area contributed by atoms with Gasteiger partial charge in [-0.05, 0) is 31.0 Å². The summed E-state index contributed by atoms with van der Waals surface area (Å²) in [6, 6.07) is 6.41. The Morgan fingerprint density at radius 1 is 1.35 bits per heavy atom. The zero-order chi connectivity index (χ0) is 12.1. The van der Waals surface area contributed by atoms with Crippen LogP contribution in [0.2, 0.25) is 5.02 Å². The second kappa shape index (κ2) is 6.24. The number of ether oxygens (including phenoxy) is 2. The fraction of sp³-hybridized carbons (Fsp3) is 0.538. The fourth-order valence-corrected chi connectivity index (χ4v) is 1.80. The van der Waals surface area contributed by atoms with E-state index in [0.29, 0.717) is 19.3 Å². The maximum Gasteiger partial charge on any atom is 0.124 e. The molecule has 0 amide bonds. The molecule has 0 saturated heterocycles. The van der Waals surface area contributed by atoms with Gasteiger partial charge in [-0.2, -0.15) is 0 Å². The smallest absolute Gasteiger partial charge is 0.124 e. The quantitative estimate of drug-likeness (QED) is 0.760. The summed E-state index contributed by atoms with van der Waals surface area (Å²) in [6.07, 6.45) is 2.56. The van der Waals surface area contributed by atoms with Gasteiger partial charge in [-0.1, -0.05) is 11.6 Å². The van der Waals surface area contributed by atoms with Crippen LogP contribution in [0, 0.1) is 0 Å². The van der Waals surface area contributed by atoms with Crippen molar-refractivity contribution in [2.75, 3.05) is 20.3 Å². The van der Waals surface area contributed by atoms with Crippen LogP contribution in [-0.2, 0) is 11.3 Å². The van der Waals surface area contributed by atoms with Gasteiger partial charge in [0, 0.05) is 30.3 Å². The fourth-order valence-electron chi connectivity index (χ4n) is 1.60. The second-order valence-corrected chi connectivity index (χ2v) is 4.68. The summed E-state index contributed by atoms with van der Waals surface area (Å²) in [4.78, 5) is 0. The molecule has 0 unspecified atom stereocenters. The molecule has 2 rings (SSSR count). The standard InChI is InChI=1S/C13H18ClNO2/c1-16-6-7-17-13-5-2-11(14)8-10(13)9-15-12-3-4-12/h2,5,8,12,15H,3-4,6-7,9H2,1H3. The number of nitrogens with one attached hydrogen (secondary N) is 1. The summed E-state index contributed by atoms with van der Waals surface area (Å²) in [6.45, 7) is 1.97. The highest BCUT2D eigenvalue weighted by molar-refractivity contribution is 6.30. The van der Waals surface area contributed by atoms with Crippen molar-refractivity contribution >= 4 is 11.6 Å². The van der Waals surface area contributed by atoms with E-state index in [0.717, 1.165) is 22.9 Å². The lowest BCUT2D eigenvalue weighted by molar-refractivity contribution is 0.145. The van der Waals surface area contributed by atoms with E-state index < -0.39 is 0 Å². The molecule has 0 bridgehead atoms. The van der Waals surface area contributed by atoms with E-state index in [4.69, 9.17) is 21.1 Å². The Hall–Kier alpha value is -0.770. The highest BCUT2D eigenvalue weighted by Gasteiger charge is 2.20.